The molecule has 1 amide bonds. The summed E-state index contributed by atoms with van der Waals surface area (Å²) in [5.41, 5.74) is 5.82. The molecule has 0 fully saturated rings. The van der Waals surface area contributed by atoms with E-state index in [1.54, 1.807) is 13.0 Å². The highest BCUT2D eigenvalue weighted by Crippen LogP contribution is 2.23. The molecule has 2 rings (SSSR count). The van der Waals surface area contributed by atoms with Crippen molar-refractivity contribution in [1.82, 2.24) is 15.0 Å². The number of hydrazine groups is 1. The third-order valence-corrected chi connectivity index (χ3v) is 3.38. The van der Waals surface area contributed by atoms with Crippen molar-refractivity contribution in [3.8, 4) is 5.75 Å². The second-order valence-corrected chi connectivity index (χ2v) is 5.19. The first-order chi connectivity index (χ1) is 12.0. The van der Waals surface area contributed by atoms with E-state index in [9.17, 15) is 9.59 Å². The first kappa shape index (κ1) is 18.1. The molecule has 0 aliphatic carbocycles. The Labute approximate surface area is 144 Å². The first-order valence-corrected chi connectivity index (χ1v) is 7.36. The van der Waals surface area contributed by atoms with Crippen molar-refractivity contribution >= 4 is 29.5 Å². The summed E-state index contributed by atoms with van der Waals surface area (Å²) in [6.07, 6.45) is 5.35. The van der Waals surface area contributed by atoms with Crippen molar-refractivity contribution in [2.24, 2.45) is 11.6 Å². The van der Waals surface area contributed by atoms with Crippen LogP contribution < -0.4 is 26.6 Å². The number of ether oxygens (including phenoxy) is 1. The molecule has 0 spiro atoms. The largest absolute Gasteiger partial charge is 0.495 e. The number of pyridine rings is 1. The Kier molecular flexibility index (Phi) is 5.79. The van der Waals surface area contributed by atoms with E-state index in [4.69, 9.17) is 16.3 Å². The molecule has 0 radical (unpaired) electrons. The van der Waals surface area contributed by atoms with Crippen LogP contribution in [0, 0.1) is 0 Å². The van der Waals surface area contributed by atoms with Crippen molar-refractivity contribution in [3.63, 3.8) is 0 Å². The van der Waals surface area contributed by atoms with Crippen molar-refractivity contribution in [2.75, 3.05) is 17.4 Å². The molecule has 0 aromatic carbocycles. The molecular weight excluding hydrogens is 326 g/mol. The molecule has 2 aromatic heterocycles. The Morgan fingerprint density at radius 1 is 1.44 bits per heavy atom. The predicted molar refractivity (Wildman–Crippen MR) is 91.4 cm³/mol. The molecule has 0 aliphatic rings. The average molecular weight is 345 g/mol. The molecule has 5 N–H and O–H groups in total. The van der Waals surface area contributed by atoms with Gasteiger partial charge >= 0.3 is 0 Å². The van der Waals surface area contributed by atoms with Gasteiger partial charge in [0.25, 0.3) is 5.91 Å². The van der Waals surface area contributed by atoms with Gasteiger partial charge < -0.3 is 20.6 Å². The van der Waals surface area contributed by atoms with Crippen LogP contribution in [0.15, 0.2) is 24.7 Å². The summed E-state index contributed by atoms with van der Waals surface area (Å²) in [4.78, 5) is 34.6. The Balaban J connectivity index is 2.37. The van der Waals surface area contributed by atoms with E-state index < -0.39 is 5.91 Å². The van der Waals surface area contributed by atoms with Gasteiger partial charge in [0, 0.05) is 12.5 Å². The maximum atomic E-state index is 11.6. The fourth-order valence-electron chi connectivity index (χ4n) is 1.99. The monoisotopic (exact) mass is 345 g/mol. The molecule has 0 saturated heterocycles. The number of hydrogen-bond acceptors (Lipinski definition) is 9. The summed E-state index contributed by atoms with van der Waals surface area (Å²) in [7, 11) is 1.51. The number of hydrogen-bond donors (Lipinski definition) is 3. The molecule has 1 unspecified atom stereocenters. The average Bonchev–Trinajstić information content (AvgIpc) is 2.61. The quantitative estimate of drug-likeness (QED) is 0.350. The number of nitrogens with one attached hydrogen (secondary N) is 1. The van der Waals surface area contributed by atoms with Crippen LogP contribution in [-0.4, -0.2) is 40.3 Å². The maximum Gasteiger partial charge on any atom is 0.271 e. The van der Waals surface area contributed by atoms with E-state index >= 15 is 0 Å². The Morgan fingerprint density at radius 2 is 2.20 bits per heavy atom. The van der Waals surface area contributed by atoms with E-state index in [0.717, 1.165) is 6.29 Å². The van der Waals surface area contributed by atoms with E-state index in [1.807, 2.05) is 0 Å². The predicted octanol–water partition coefficient (Wildman–Crippen LogP) is 0.380. The van der Waals surface area contributed by atoms with Crippen LogP contribution in [0.4, 0.5) is 17.3 Å². The molecule has 0 bridgehead atoms. The van der Waals surface area contributed by atoms with Gasteiger partial charge in [0.15, 0.2) is 17.3 Å². The van der Waals surface area contributed by atoms with Gasteiger partial charge in [0.1, 0.15) is 12.0 Å². The fourth-order valence-corrected chi connectivity index (χ4v) is 1.99. The molecule has 1 atom stereocenters. The zero-order chi connectivity index (χ0) is 18.4. The standard InChI is InChI=1S/C15H19N7O3/c1-9(3-4-23)22(17)12-8-19-13(14(16)24)15(21-12)20-10-5-11(25-2)7-18-6-10/h4-9H,3,17H2,1-2H3,(H2,16,24)(H,20,21). The minimum atomic E-state index is -0.748. The highest BCUT2D eigenvalue weighted by atomic mass is 16.5. The number of primary amides is 1. The molecule has 10 heteroatoms. The minimum absolute atomic E-state index is 0.0528. The van der Waals surface area contributed by atoms with Gasteiger partial charge in [-0.15, -0.1) is 0 Å². The topological polar surface area (TPSA) is 149 Å². The summed E-state index contributed by atoms with van der Waals surface area (Å²) in [5, 5.41) is 4.22. The van der Waals surface area contributed by atoms with Crippen LogP contribution in [0.5, 0.6) is 5.75 Å². The third kappa shape index (κ3) is 4.38. The highest BCUT2D eigenvalue weighted by Gasteiger charge is 2.18. The van der Waals surface area contributed by atoms with Crippen molar-refractivity contribution < 1.29 is 14.3 Å². The molecule has 25 heavy (non-hydrogen) atoms. The number of nitrogens with zero attached hydrogens (tertiary/aromatic N) is 4. The van der Waals surface area contributed by atoms with Gasteiger partial charge in [-0.25, -0.2) is 15.8 Å². The van der Waals surface area contributed by atoms with E-state index in [0.29, 0.717) is 11.4 Å². The van der Waals surface area contributed by atoms with Crippen molar-refractivity contribution in [1.29, 1.82) is 0 Å². The Morgan fingerprint density at radius 3 is 2.84 bits per heavy atom. The van der Waals surface area contributed by atoms with Crippen molar-refractivity contribution in [2.45, 2.75) is 19.4 Å². The smallest absolute Gasteiger partial charge is 0.271 e. The van der Waals surface area contributed by atoms with E-state index in [-0.39, 0.29) is 29.8 Å². The number of carbonyl (C=O) groups excluding carboxylic acids is 2. The Bertz CT molecular complexity index is 769. The highest BCUT2D eigenvalue weighted by molar-refractivity contribution is 5.96. The normalized spacial score (nSPS) is 11.5. The van der Waals surface area contributed by atoms with E-state index in [1.165, 1.54) is 30.7 Å². The van der Waals surface area contributed by atoms with Gasteiger partial charge in [0.2, 0.25) is 0 Å². The lowest BCUT2D eigenvalue weighted by molar-refractivity contribution is -0.108. The van der Waals surface area contributed by atoms with Crippen LogP contribution in [0.2, 0.25) is 0 Å². The van der Waals surface area contributed by atoms with Crippen LogP contribution in [0.1, 0.15) is 23.8 Å². The number of nitrogens with two attached hydrogens (primary N) is 2. The molecule has 0 saturated carbocycles. The summed E-state index contributed by atoms with van der Waals surface area (Å²) in [6, 6.07) is 1.37. The van der Waals surface area contributed by atoms with Crippen LogP contribution in [0.25, 0.3) is 0 Å². The number of aromatic nitrogens is 3. The lowest BCUT2D eigenvalue weighted by Gasteiger charge is -2.24. The van der Waals surface area contributed by atoms with Gasteiger partial charge in [-0.3, -0.25) is 14.8 Å². The summed E-state index contributed by atoms with van der Waals surface area (Å²) < 4.78 is 5.10. The maximum absolute atomic E-state index is 11.6. The molecular formula is C15H19N7O3. The SMILES string of the molecule is COc1cncc(Nc2nc(N(N)C(C)CC=O)cnc2C(N)=O)c1. The zero-order valence-corrected chi connectivity index (χ0v) is 13.8. The second-order valence-electron chi connectivity index (χ2n) is 5.19. The lowest BCUT2D eigenvalue weighted by atomic mass is 10.2. The zero-order valence-electron chi connectivity index (χ0n) is 13.8. The Hall–Kier alpha value is -3.27. The second kappa shape index (κ2) is 8.02. The van der Waals surface area contributed by atoms with Crippen LogP contribution >= 0.6 is 0 Å². The van der Waals surface area contributed by atoms with E-state index in [2.05, 4.69) is 20.3 Å². The number of methoxy groups -OCH3 is 1. The lowest BCUT2D eigenvalue weighted by Crippen LogP contribution is -2.40. The van der Waals surface area contributed by atoms with Gasteiger partial charge in [-0.2, -0.15) is 0 Å². The van der Waals surface area contributed by atoms with Crippen LogP contribution in [0.3, 0.4) is 0 Å². The first-order valence-electron chi connectivity index (χ1n) is 7.36. The number of rotatable bonds is 8. The number of anilines is 3. The number of aldehydes is 1. The number of carbonyl (C=O) groups is 2. The molecule has 2 heterocycles. The molecule has 132 valence electrons. The summed E-state index contributed by atoms with van der Waals surface area (Å²) >= 11 is 0. The van der Waals surface area contributed by atoms with Crippen LogP contribution in [-0.2, 0) is 4.79 Å². The molecule has 10 nitrogen and oxygen atoms in total. The summed E-state index contributed by atoms with van der Waals surface area (Å²) in [6.45, 7) is 1.76. The van der Waals surface area contributed by atoms with Gasteiger partial charge in [-0.05, 0) is 6.92 Å². The minimum Gasteiger partial charge on any atom is -0.495 e. The molecule has 0 aliphatic heterocycles. The van der Waals surface area contributed by atoms with Gasteiger partial charge in [-0.1, -0.05) is 0 Å². The summed E-state index contributed by atoms with van der Waals surface area (Å²) in [5.74, 6) is 6.12. The fraction of sp³-hybridized carbons (Fsp3) is 0.267. The van der Waals surface area contributed by atoms with Gasteiger partial charge in [0.05, 0.1) is 37.4 Å². The third-order valence-electron chi connectivity index (χ3n) is 3.38. The number of amides is 1. The molecule has 2 aromatic rings. The van der Waals surface area contributed by atoms with Crippen molar-refractivity contribution in [3.05, 3.63) is 30.4 Å².